The molecule has 1 aromatic carbocycles. The fourth-order valence-corrected chi connectivity index (χ4v) is 4.22. The molecule has 0 unspecified atom stereocenters. The van der Waals surface area contributed by atoms with E-state index in [1.807, 2.05) is 30.7 Å². The Bertz CT molecular complexity index is 934. The van der Waals surface area contributed by atoms with E-state index < -0.39 is 0 Å². The van der Waals surface area contributed by atoms with Crippen LogP contribution in [0, 0.1) is 0 Å². The average molecular weight is 365 g/mol. The van der Waals surface area contributed by atoms with Crippen LogP contribution in [-0.2, 0) is 24.4 Å². The predicted molar refractivity (Wildman–Crippen MR) is 100 cm³/mol. The summed E-state index contributed by atoms with van der Waals surface area (Å²) in [6, 6.07) is 10.2. The molecule has 1 atom stereocenters. The van der Waals surface area contributed by atoms with Crippen LogP contribution in [0.25, 0.3) is 11.3 Å². The highest BCUT2D eigenvalue weighted by molar-refractivity contribution is 5.61. The molecule has 0 bridgehead atoms. The second-order valence-corrected chi connectivity index (χ2v) is 7.44. The lowest BCUT2D eigenvalue weighted by Crippen LogP contribution is -2.44. The highest BCUT2D eigenvalue weighted by atomic mass is 16.5. The van der Waals surface area contributed by atoms with Gasteiger partial charge in [0.25, 0.3) is 0 Å². The minimum absolute atomic E-state index is 0.148. The molecular formula is C21H23N3O3. The molecule has 3 aromatic rings. The van der Waals surface area contributed by atoms with Crippen molar-refractivity contribution >= 4 is 0 Å². The minimum Gasteiger partial charge on any atom is -0.497 e. The normalized spacial score (nSPS) is 22.3. The second kappa shape index (κ2) is 6.55. The standard InChI is InChI=1S/C21H23N3O3/c1-25-18-4-2-3-17(9-18)19-10-22-20-13-27-21(15-24(19)20)6-7-23(14-21)11-16-5-8-26-12-16/h2-5,8-10,12H,6-7,11,13-15H2,1H3/t21-/m0/s1. The molecule has 0 N–H and O–H groups in total. The van der Waals surface area contributed by atoms with Gasteiger partial charge in [-0.25, -0.2) is 4.98 Å². The van der Waals surface area contributed by atoms with E-state index in [-0.39, 0.29) is 5.60 Å². The molecule has 27 heavy (non-hydrogen) atoms. The number of furan rings is 1. The van der Waals surface area contributed by atoms with Crippen LogP contribution in [0.1, 0.15) is 17.8 Å². The Morgan fingerprint density at radius 1 is 1.26 bits per heavy atom. The fourth-order valence-electron chi connectivity index (χ4n) is 4.22. The molecule has 0 amide bonds. The van der Waals surface area contributed by atoms with Gasteiger partial charge in [-0.2, -0.15) is 0 Å². The van der Waals surface area contributed by atoms with E-state index in [0.717, 1.165) is 55.4 Å². The van der Waals surface area contributed by atoms with Gasteiger partial charge in [-0.1, -0.05) is 12.1 Å². The summed E-state index contributed by atoms with van der Waals surface area (Å²) in [7, 11) is 1.70. The van der Waals surface area contributed by atoms with Crippen molar-refractivity contribution in [1.82, 2.24) is 14.5 Å². The Hall–Kier alpha value is -2.57. The summed E-state index contributed by atoms with van der Waals surface area (Å²) < 4.78 is 19.2. The van der Waals surface area contributed by atoms with Gasteiger partial charge in [0.2, 0.25) is 0 Å². The number of hydrogen-bond donors (Lipinski definition) is 0. The van der Waals surface area contributed by atoms with E-state index in [0.29, 0.717) is 6.61 Å². The zero-order valence-electron chi connectivity index (χ0n) is 15.4. The first-order chi connectivity index (χ1) is 13.2. The summed E-state index contributed by atoms with van der Waals surface area (Å²) in [6.07, 6.45) is 6.53. The van der Waals surface area contributed by atoms with Gasteiger partial charge in [-0.15, -0.1) is 0 Å². The number of benzene rings is 1. The third-order valence-electron chi connectivity index (χ3n) is 5.64. The molecule has 0 saturated carbocycles. The Morgan fingerprint density at radius 2 is 2.22 bits per heavy atom. The molecule has 2 aromatic heterocycles. The van der Waals surface area contributed by atoms with Gasteiger partial charge in [0, 0.05) is 30.8 Å². The number of ether oxygens (including phenoxy) is 2. The number of rotatable bonds is 4. The molecule has 2 aliphatic rings. The van der Waals surface area contributed by atoms with Gasteiger partial charge in [-0.3, -0.25) is 4.90 Å². The average Bonchev–Trinajstić information content (AvgIpc) is 3.43. The highest BCUT2D eigenvalue weighted by Crippen LogP contribution is 2.36. The second-order valence-electron chi connectivity index (χ2n) is 7.44. The molecule has 0 aliphatic carbocycles. The lowest BCUT2D eigenvalue weighted by molar-refractivity contribution is -0.0821. The fraction of sp³-hybridized carbons (Fsp3) is 0.381. The van der Waals surface area contributed by atoms with Crippen molar-refractivity contribution in [1.29, 1.82) is 0 Å². The molecule has 5 rings (SSSR count). The number of imidazole rings is 1. The molecule has 6 heteroatoms. The third-order valence-corrected chi connectivity index (χ3v) is 5.64. The van der Waals surface area contributed by atoms with E-state index >= 15 is 0 Å². The van der Waals surface area contributed by atoms with Crippen molar-refractivity contribution in [3.8, 4) is 17.0 Å². The number of likely N-dealkylation sites (tertiary alicyclic amines) is 1. The summed E-state index contributed by atoms with van der Waals surface area (Å²) in [5, 5.41) is 0. The molecular weight excluding hydrogens is 342 g/mol. The molecule has 0 radical (unpaired) electrons. The van der Waals surface area contributed by atoms with Crippen LogP contribution >= 0.6 is 0 Å². The first-order valence-corrected chi connectivity index (χ1v) is 9.31. The van der Waals surface area contributed by atoms with Crippen molar-refractivity contribution in [3.05, 3.63) is 60.4 Å². The summed E-state index contributed by atoms with van der Waals surface area (Å²) in [5.74, 6) is 1.85. The maximum absolute atomic E-state index is 6.32. The Labute approximate surface area is 158 Å². The SMILES string of the molecule is COc1cccc(-c2cnc3n2C[C@@]2(CCN(Cc4ccoc4)C2)OC3)c1. The van der Waals surface area contributed by atoms with Crippen molar-refractivity contribution in [2.75, 3.05) is 20.2 Å². The highest BCUT2D eigenvalue weighted by Gasteiger charge is 2.43. The zero-order chi connectivity index (χ0) is 18.3. The maximum Gasteiger partial charge on any atom is 0.135 e. The maximum atomic E-state index is 6.32. The number of nitrogens with zero attached hydrogens (tertiary/aromatic N) is 3. The summed E-state index contributed by atoms with van der Waals surface area (Å²) in [6.45, 7) is 4.25. The molecule has 2 aliphatic heterocycles. The van der Waals surface area contributed by atoms with Gasteiger partial charge >= 0.3 is 0 Å². The van der Waals surface area contributed by atoms with Crippen LogP contribution in [0.5, 0.6) is 5.75 Å². The van der Waals surface area contributed by atoms with Crippen LogP contribution in [0.3, 0.4) is 0 Å². The number of hydrogen-bond acceptors (Lipinski definition) is 5. The van der Waals surface area contributed by atoms with Crippen LogP contribution < -0.4 is 4.74 Å². The van der Waals surface area contributed by atoms with Crippen molar-refractivity contribution in [2.45, 2.75) is 31.7 Å². The van der Waals surface area contributed by atoms with Crippen molar-refractivity contribution in [3.63, 3.8) is 0 Å². The van der Waals surface area contributed by atoms with E-state index in [1.165, 1.54) is 5.56 Å². The predicted octanol–water partition coefficient (Wildman–Crippen LogP) is 3.33. The number of aromatic nitrogens is 2. The Kier molecular flexibility index (Phi) is 4.02. The molecule has 140 valence electrons. The molecule has 1 saturated heterocycles. The van der Waals surface area contributed by atoms with Crippen LogP contribution in [0.15, 0.2) is 53.5 Å². The number of fused-ring (bicyclic) bond motifs is 1. The van der Waals surface area contributed by atoms with Gasteiger partial charge in [0.05, 0.1) is 38.1 Å². The Morgan fingerprint density at radius 3 is 3.07 bits per heavy atom. The first kappa shape index (κ1) is 16.6. The third kappa shape index (κ3) is 3.05. The summed E-state index contributed by atoms with van der Waals surface area (Å²) >= 11 is 0. The zero-order valence-corrected chi connectivity index (χ0v) is 15.4. The molecule has 1 fully saturated rings. The number of methoxy groups -OCH3 is 1. The summed E-state index contributed by atoms with van der Waals surface area (Å²) in [5.41, 5.74) is 3.31. The van der Waals surface area contributed by atoms with Crippen LogP contribution in [0.2, 0.25) is 0 Å². The van der Waals surface area contributed by atoms with E-state index in [9.17, 15) is 0 Å². The molecule has 6 nitrogen and oxygen atoms in total. The van der Waals surface area contributed by atoms with Gasteiger partial charge in [0.15, 0.2) is 0 Å². The largest absolute Gasteiger partial charge is 0.497 e. The van der Waals surface area contributed by atoms with Gasteiger partial charge in [0.1, 0.15) is 23.8 Å². The topological polar surface area (TPSA) is 52.7 Å². The first-order valence-electron chi connectivity index (χ1n) is 9.31. The van der Waals surface area contributed by atoms with E-state index in [1.54, 1.807) is 13.4 Å². The minimum atomic E-state index is -0.148. The van der Waals surface area contributed by atoms with Crippen molar-refractivity contribution < 1.29 is 13.9 Å². The molecule has 4 heterocycles. The lowest BCUT2D eigenvalue weighted by atomic mass is 10.0. The van der Waals surface area contributed by atoms with Crippen LogP contribution in [0.4, 0.5) is 0 Å². The smallest absolute Gasteiger partial charge is 0.135 e. The van der Waals surface area contributed by atoms with E-state index in [4.69, 9.17) is 13.9 Å². The molecule has 1 spiro atoms. The van der Waals surface area contributed by atoms with Gasteiger partial charge < -0.3 is 18.5 Å². The van der Waals surface area contributed by atoms with Gasteiger partial charge in [-0.05, 0) is 24.6 Å². The van der Waals surface area contributed by atoms with Crippen LogP contribution in [-0.4, -0.2) is 40.3 Å². The quantitative estimate of drug-likeness (QED) is 0.710. The van der Waals surface area contributed by atoms with Crippen molar-refractivity contribution in [2.24, 2.45) is 0 Å². The monoisotopic (exact) mass is 365 g/mol. The lowest BCUT2D eigenvalue weighted by Gasteiger charge is -2.35. The Balaban J connectivity index is 1.39. The van der Waals surface area contributed by atoms with E-state index in [2.05, 4.69) is 26.6 Å². The summed E-state index contributed by atoms with van der Waals surface area (Å²) in [4.78, 5) is 7.04.